The van der Waals surface area contributed by atoms with E-state index in [0.717, 1.165) is 19.4 Å². The maximum atomic E-state index is 12.7. The number of carbonyl (C=O) groups excluding carboxylic acids is 1. The van der Waals surface area contributed by atoms with E-state index in [1.54, 1.807) is 18.5 Å². The third-order valence-corrected chi connectivity index (χ3v) is 5.08. The minimum Gasteiger partial charge on any atom is -0.394 e. The summed E-state index contributed by atoms with van der Waals surface area (Å²) >= 11 is 0. The maximum absolute atomic E-state index is 12.7. The highest BCUT2D eigenvalue weighted by Crippen LogP contribution is 2.28. The Kier molecular flexibility index (Phi) is 4.95. The van der Waals surface area contributed by atoms with Gasteiger partial charge >= 0.3 is 0 Å². The zero-order chi connectivity index (χ0) is 19.7. The van der Waals surface area contributed by atoms with Gasteiger partial charge in [-0.3, -0.25) is 4.79 Å². The number of nitrogens with one attached hydrogen (secondary N) is 1. The van der Waals surface area contributed by atoms with Gasteiger partial charge in [-0.1, -0.05) is 18.2 Å². The quantitative estimate of drug-likeness (QED) is 0.706. The van der Waals surface area contributed by atoms with Crippen LogP contribution in [0.15, 0.2) is 36.7 Å². The lowest BCUT2D eigenvalue weighted by atomic mass is 10.2. The van der Waals surface area contributed by atoms with Crippen LogP contribution in [-0.4, -0.2) is 49.7 Å². The summed E-state index contributed by atoms with van der Waals surface area (Å²) in [4.78, 5) is 28.5. The predicted octanol–water partition coefficient (Wildman–Crippen LogP) is 2.62. The number of aromatic nitrogens is 4. The molecule has 1 aliphatic heterocycles. The van der Waals surface area contributed by atoms with E-state index in [0.29, 0.717) is 28.5 Å². The molecule has 4 rings (SSSR count). The van der Waals surface area contributed by atoms with Gasteiger partial charge in [0.1, 0.15) is 0 Å². The second-order valence-corrected chi connectivity index (χ2v) is 7.28. The summed E-state index contributed by atoms with van der Waals surface area (Å²) in [6.07, 6.45) is 3.59. The molecule has 3 heterocycles. The molecule has 0 unspecified atom stereocenters. The van der Waals surface area contributed by atoms with Crippen molar-refractivity contribution in [2.45, 2.75) is 38.8 Å². The zero-order valence-corrected chi connectivity index (χ0v) is 16.0. The van der Waals surface area contributed by atoms with E-state index in [9.17, 15) is 9.90 Å². The van der Waals surface area contributed by atoms with E-state index in [1.807, 2.05) is 27.7 Å². The molecule has 1 atom stereocenters. The van der Waals surface area contributed by atoms with Crippen molar-refractivity contribution in [1.82, 2.24) is 19.5 Å². The van der Waals surface area contributed by atoms with Gasteiger partial charge < -0.3 is 19.9 Å². The first-order valence-electron chi connectivity index (χ1n) is 9.57. The highest BCUT2D eigenvalue weighted by molar-refractivity contribution is 6.06. The molecule has 8 heteroatoms. The van der Waals surface area contributed by atoms with Gasteiger partial charge in [0.25, 0.3) is 5.91 Å². The van der Waals surface area contributed by atoms with E-state index < -0.39 is 0 Å². The third-order valence-electron chi connectivity index (χ3n) is 5.08. The van der Waals surface area contributed by atoms with Crippen molar-refractivity contribution in [2.75, 3.05) is 23.4 Å². The molecule has 0 bridgehead atoms. The number of rotatable bonds is 5. The summed E-state index contributed by atoms with van der Waals surface area (Å²) in [6.45, 7) is 4.93. The SMILES string of the molecule is CC(C)n1cnc2c(NC(=O)c3ccccc3)nc(N3CCC[C@@H]3CO)nc21. The molecule has 0 radical (unpaired) electrons. The minimum atomic E-state index is -0.245. The first-order valence-corrected chi connectivity index (χ1v) is 9.57. The van der Waals surface area contributed by atoms with Crippen molar-refractivity contribution in [2.24, 2.45) is 0 Å². The molecule has 28 heavy (non-hydrogen) atoms. The fourth-order valence-corrected chi connectivity index (χ4v) is 3.56. The molecule has 0 aliphatic carbocycles. The Morgan fingerprint density at radius 3 is 2.79 bits per heavy atom. The number of aliphatic hydroxyl groups excluding tert-OH is 1. The molecule has 1 amide bonds. The molecule has 2 N–H and O–H groups in total. The van der Waals surface area contributed by atoms with Gasteiger partial charge in [0.15, 0.2) is 17.0 Å². The average Bonchev–Trinajstić information content (AvgIpc) is 3.35. The molecule has 1 aromatic carbocycles. The van der Waals surface area contributed by atoms with Gasteiger partial charge in [-0.05, 0) is 38.8 Å². The summed E-state index contributed by atoms with van der Waals surface area (Å²) in [5.41, 5.74) is 1.78. The van der Waals surface area contributed by atoms with E-state index in [2.05, 4.69) is 29.1 Å². The first-order chi connectivity index (χ1) is 13.6. The zero-order valence-electron chi connectivity index (χ0n) is 16.0. The van der Waals surface area contributed by atoms with Crippen LogP contribution in [-0.2, 0) is 0 Å². The third kappa shape index (κ3) is 3.31. The second-order valence-electron chi connectivity index (χ2n) is 7.28. The number of hydrogen-bond donors (Lipinski definition) is 2. The Balaban J connectivity index is 1.79. The fourth-order valence-electron chi connectivity index (χ4n) is 3.56. The number of amides is 1. The van der Waals surface area contributed by atoms with Gasteiger partial charge in [0.05, 0.1) is 19.0 Å². The Labute approximate surface area is 163 Å². The number of nitrogens with zero attached hydrogens (tertiary/aromatic N) is 5. The fraction of sp³-hybridized carbons (Fsp3) is 0.400. The van der Waals surface area contributed by atoms with Crippen molar-refractivity contribution >= 4 is 28.8 Å². The summed E-state index contributed by atoms with van der Waals surface area (Å²) in [6, 6.07) is 9.17. The van der Waals surface area contributed by atoms with Gasteiger partial charge in [0.2, 0.25) is 5.95 Å². The van der Waals surface area contributed by atoms with Crippen LogP contribution in [0.4, 0.5) is 11.8 Å². The Hall–Kier alpha value is -3.00. The van der Waals surface area contributed by atoms with Crippen LogP contribution in [0.3, 0.4) is 0 Å². The smallest absolute Gasteiger partial charge is 0.256 e. The highest BCUT2D eigenvalue weighted by Gasteiger charge is 2.28. The molecule has 2 aromatic heterocycles. The molecule has 146 valence electrons. The Morgan fingerprint density at radius 2 is 2.07 bits per heavy atom. The standard InChI is InChI=1S/C20H24N6O2/c1-13(2)26-12-21-16-17(22-19(28)14-7-4-3-5-8-14)23-20(24-18(16)26)25-10-6-9-15(25)11-27/h3-5,7-8,12-13,15,27H,6,9-11H2,1-2H3,(H,22,23,24,28)/t15-/m1/s1. The highest BCUT2D eigenvalue weighted by atomic mass is 16.3. The maximum Gasteiger partial charge on any atom is 0.256 e. The summed E-state index contributed by atoms with van der Waals surface area (Å²) in [7, 11) is 0. The minimum absolute atomic E-state index is 0.00875. The van der Waals surface area contributed by atoms with Crippen molar-refractivity contribution in [3.05, 3.63) is 42.2 Å². The molecule has 0 spiro atoms. The van der Waals surface area contributed by atoms with Crippen molar-refractivity contribution < 1.29 is 9.90 Å². The lowest BCUT2D eigenvalue weighted by Crippen LogP contribution is -2.33. The number of fused-ring (bicyclic) bond motifs is 1. The summed E-state index contributed by atoms with van der Waals surface area (Å²) < 4.78 is 1.96. The van der Waals surface area contributed by atoms with Crippen LogP contribution in [0.25, 0.3) is 11.2 Å². The van der Waals surface area contributed by atoms with E-state index in [-0.39, 0.29) is 24.6 Å². The molecule has 3 aromatic rings. The number of imidazole rings is 1. The average molecular weight is 380 g/mol. The molecule has 1 saturated heterocycles. The normalized spacial score (nSPS) is 16.9. The van der Waals surface area contributed by atoms with E-state index >= 15 is 0 Å². The van der Waals surface area contributed by atoms with Crippen LogP contribution in [0.2, 0.25) is 0 Å². The first kappa shape index (κ1) is 18.4. The van der Waals surface area contributed by atoms with Crippen molar-refractivity contribution in [3.8, 4) is 0 Å². The largest absolute Gasteiger partial charge is 0.394 e. The molecule has 1 fully saturated rings. The van der Waals surface area contributed by atoms with Crippen molar-refractivity contribution in [1.29, 1.82) is 0 Å². The Morgan fingerprint density at radius 1 is 1.29 bits per heavy atom. The van der Waals surface area contributed by atoms with Gasteiger partial charge in [-0.15, -0.1) is 0 Å². The van der Waals surface area contributed by atoms with Gasteiger partial charge in [-0.25, -0.2) is 4.98 Å². The van der Waals surface area contributed by atoms with Crippen LogP contribution >= 0.6 is 0 Å². The van der Waals surface area contributed by atoms with Crippen molar-refractivity contribution in [3.63, 3.8) is 0 Å². The molecule has 1 aliphatic rings. The summed E-state index contributed by atoms with van der Waals surface area (Å²) in [5, 5.41) is 12.6. The van der Waals surface area contributed by atoms with Gasteiger partial charge in [0, 0.05) is 18.2 Å². The van der Waals surface area contributed by atoms with Crippen LogP contribution in [0.5, 0.6) is 0 Å². The van der Waals surface area contributed by atoms with Gasteiger partial charge in [-0.2, -0.15) is 9.97 Å². The predicted molar refractivity (Wildman–Crippen MR) is 108 cm³/mol. The number of carbonyl (C=O) groups is 1. The molecular formula is C20H24N6O2. The number of aliphatic hydroxyl groups is 1. The van der Waals surface area contributed by atoms with Crippen LogP contribution < -0.4 is 10.2 Å². The van der Waals surface area contributed by atoms with Crippen LogP contribution in [0.1, 0.15) is 43.1 Å². The number of anilines is 2. The lowest BCUT2D eigenvalue weighted by molar-refractivity contribution is 0.102. The molecular weight excluding hydrogens is 356 g/mol. The number of hydrogen-bond acceptors (Lipinski definition) is 6. The van der Waals surface area contributed by atoms with E-state index in [4.69, 9.17) is 4.98 Å². The van der Waals surface area contributed by atoms with Crippen LogP contribution in [0, 0.1) is 0 Å². The molecule has 8 nitrogen and oxygen atoms in total. The summed E-state index contributed by atoms with van der Waals surface area (Å²) in [5.74, 6) is 0.650. The monoisotopic (exact) mass is 380 g/mol. The molecule has 0 saturated carbocycles. The number of benzene rings is 1. The second kappa shape index (κ2) is 7.55. The Bertz CT molecular complexity index is 985. The lowest BCUT2D eigenvalue weighted by Gasteiger charge is -2.23. The van der Waals surface area contributed by atoms with E-state index in [1.165, 1.54) is 0 Å². The topological polar surface area (TPSA) is 96.2 Å².